The molecule has 0 saturated heterocycles. The molecule has 0 bridgehead atoms. The van der Waals surface area contributed by atoms with Gasteiger partial charge in [0.2, 0.25) is 5.78 Å². The van der Waals surface area contributed by atoms with Crippen LogP contribution in [0.3, 0.4) is 0 Å². The molecule has 0 amide bonds. The topological polar surface area (TPSA) is 30.0 Å². The molecule has 0 atom stereocenters. The molecule has 3 heteroatoms. The Morgan fingerprint density at radius 2 is 1.84 bits per heavy atom. The first-order chi connectivity index (χ1) is 9.24. The summed E-state index contributed by atoms with van der Waals surface area (Å²) in [7, 11) is 0. The lowest BCUT2D eigenvalue weighted by molar-refractivity contribution is 0.103. The summed E-state index contributed by atoms with van der Waals surface area (Å²) in [6.07, 6.45) is 4.85. The number of hydrogen-bond donors (Lipinski definition) is 0. The van der Waals surface area contributed by atoms with Gasteiger partial charge in [0.15, 0.2) is 0 Å². The van der Waals surface area contributed by atoms with E-state index in [0.717, 1.165) is 6.20 Å². The van der Waals surface area contributed by atoms with Crippen LogP contribution >= 0.6 is 0 Å². The Hall–Kier alpha value is -2.03. The highest BCUT2D eigenvalue weighted by Crippen LogP contribution is 2.36. The third-order valence-electron chi connectivity index (χ3n) is 3.71. The standard InChI is InChI=1S/C16H14FNO/c17-14-8-9-15(18-10-14)16(19)13-6-4-12(5-7-13)11-2-1-3-11/h4-11H,1-3H2. The van der Waals surface area contributed by atoms with Gasteiger partial charge < -0.3 is 0 Å². The van der Waals surface area contributed by atoms with E-state index in [9.17, 15) is 9.18 Å². The fourth-order valence-corrected chi connectivity index (χ4v) is 2.31. The van der Waals surface area contributed by atoms with Crippen LogP contribution in [0.2, 0.25) is 0 Å². The zero-order valence-electron chi connectivity index (χ0n) is 10.5. The minimum Gasteiger partial charge on any atom is -0.287 e. The molecular formula is C16H14FNO. The monoisotopic (exact) mass is 255 g/mol. The number of aromatic nitrogens is 1. The van der Waals surface area contributed by atoms with Crippen molar-refractivity contribution >= 4 is 5.78 Å². The Kier molecular flexibility index (Phi) is 3.11. The molecule has 0 unspecified atom stereocenters. The van der Waals surface area contributed by atoms with Crippen molar-refractivity contribution in [1.82, 2.24) is 4.98 Å². The number of pyridine rings is 1. The minimum absolute atomic E-state index is 0.167. The van der Waals surface area contributed by atoms with Crippen molar-refractivity contribution in [2.45, 2.75) is 25.2 Å². The van der Waals surface area contributed by atoms with Crippen molar-refractivity contribution in [3.8, 4) is 0 Å². The first-order valence-corrected chi connectivity index (χ1v) is 6.50. The number of benzene rings is 1. The Morgan fingerprint density at radius 3 is 2.37 bits per heavy atom. The van der Waals surface area contributed by atoms with E-state index < -0.39 is 5.82 Å². The second kappa shape index (κ2) is 4.92. The Morgan fingerprint density at radius 1 is 1.11 bits per heavy atom. The van der Waals surface area contributed by atoms with E-state index in [1.807, 2.05) is 24.3 Å². The van der Waals surface area contributed by atoms with E-state index in [-0.39, 0.29) is 11.5 Å². The van der Waals surface area contributed by atoms with Crippen LogP contribution in [0.4, 0.5) is 4.39 Å². The molecule has 1 heterocycles. The van der Waals surface area contributed by atoms with Gasteiger partial charge in [-0.3, -0.25) is 4.79 Å². The molecule has 2 aromatic rings. The van der Waals surface area contributed by atoms with Gasteiger partial charge in [-0.15, -0.1) is 0 Å². The highest BCUT2D eigenvalue weighted by molar-refractivity contribution is 6.07. The molecule has 1 saturated carbocycles. The lowest BCUT2D eigenvalue weighted by atomic mass is 9.80. The maximum atomic E-state index is 12.8. The van der Waals surface area contributed by atoms with Gasteiger partial charge in [0, 0.05) is 5.56 Å². The highest BCUT2D eigenvalue weighted by atomic mass is 19.1. The van der Waals surface area contributed by atoms with Crippen LogP contribution in [-0.2, 0) is 0 Å². The number of nitrogens with zero attached hydrogens (tertiary/aromatic N) is 1. The van der Waals surface area contributed by atoms with Gasteiger partial charge in [-0.2, -0.15) is 0 Å². The summed E-state index contributed by atoms with van der Waals surface area (Å²) < 4.78 is 12.8. The lowest BCUT2D eigenvalue weighted by Gasteiger charge is -2.25. The van der Waals surface area contributed by atoms with Crippen LogP contribution in [0.5, 0.6) is 0 Å². The summed E-state index contributed by atoms with van der Waals surface area (Å²) in [4.78, 5) is 16.0. The molecule has 0 radical (unpaired) electrons. The lowest BCUT2D eigenvalue weighted by Crippen LogP contribution is -2.09. The van der Waals surface area contributed by atoms with Crippen LogP contribution in [-0.4, -0.2) is 10.8 Å². The Bertz CT molecular complexity index is 585. The molecule has 0 spiro atoms. The van der Waals surface area contributed by atoms with Crippen molar-refractivity contribution in [3.63, 3.8) is 0 Å². The quantitative estimate of drug-likeness (QED) is 0.782. The molecule has 19 heavy (non-hydrogen) atoms. The molecule has 1 aromatic carbocycles. The molecule has 0 N–H and O–H groups in total. The molecule has 3 rings (SSSR count). The number of rotatable bonds is 3. The van der Waals surface area contributed by atoms with E-state index in [1.54, 1.807) is 0 Å². The number of ketones is 1. The number of hydrogen-bond acceptors (Lipinski definition) is 2. The fraction of sp³-hybridized carbons (Fsp3) is 0.250. The fourth-order valence-electron chi connectivity index (χ4n) is 2.31. The first kappa shape index (κ1) is 12.0. The van der Waals surface area contributed by atoms with Gasteiger partial charge in [0.1, 0.15) is 11.5 Å². The van der Waals surface area contributed by atoms with Crippen LogP contribution < -0.4 is 0 Å². The third kappa shape index (κ3) is 2.41. The Labute approximate surface area is 111 Å². The predicted octanol–water partition coefficient (Wildman–Crippen LogP) is 3.72. The molecule has 1 aromatic heterocycles. The van der Waals surface area contributed by atoms with Gasteiger partial charge in [-0.05, 0) is 36.5 Å². The Balaban J connectivity index is 1.81. The maximum absolute atomic E-state index is 12.8. The van der Waals surface area contributed by atoms with Crippen molar-refractivity contribution in [2.75, 3.05) is 0 Å². The van der Waals surface area contributed by atoms with E-state index in [0.29, 0.717) is 11.5 Å². The van der Waals surface area contributed by atoms with Crippen molar-refractivity contribution in [2.24, 2.45) is 0 Å². The maximum Gasteiger partial charge on any atom is 0.211 e. The number of carbonyl (C=O) groups is 1. The smallest absolute Gasteiger partial charge is 0.211 e. The number of halogens is 1. The molecular weight excluding hydrogens is 241 g/mol. The van der Waals surface area contributed by atoms with Gasteiger partial charge in [-0.1, -0.05) is 30.7 Å². The molecule has 96 valence electrons. The van der Waals surface area contributed by atoms with E-state index in [1.165, 1.54) is 37.0 Å². The summed E-state index contributed by atoms with van der Waals surface area (Å²) in [6.45, 7) is 0. The molecule has 0 aliphatic heterocycles. The number of carbonyl (C=O) groups excluding carboxylic acids is 1. The van der Waals surface area contributed by atoms with Crippen LogP contribution in [0.1, 0.15) is 46.8 Å². The summed E-state index contributed by atoms with van der Waals surface area (Å²) in [6, 6.07) is 10.4. The van der Waals surface area contributed by atoms with E-state index >= 15 is 0 Å². The van der Waals surface area contributed by atoms with Crippen LogP contribution in [0.15, 0.2) is 42.6 Å². The SMILES string of the molecule is O=C(c1ccc(C2CCC2)cc1)c1ccc(F)cn1. The zero-order valence-corrected chi connectivity index (χ0v) is 10.5. The second-order valence-corrected chi connectivity index (χ2v) is 4.94. The average Bonchev–Trinajstić information content (AvgIpc) is 2.38. The summed E-state index contributed by atoms with van der Waals surface area (Å²) in [5.41, 5.74) is 2.18. The molecule has 1 aliphatic carbocycles. The second-order valence-electron chi connectivity index (χ2n) is 4.94. The molecule has 1 fully saturated rings. The van der Waals surface area contributed by atoms with Crippen LogP contribution in [0.25, 0.3) is 0 Å². The van der Waals surface area contributed by atoms with Crippen molar-refractivity contribution in [3.05, 3.63) is 65.2 Å². The van der Waals surface area contributed by atoms with Gasteiger partial charge in [0.25, 0.3) is 0 Å². The summed E-state index contributed by atoms with van der Waals surface area (Å²) in [5, 5.41) is 0. The van der Waals surface area contributed by atoms with E-state index in [4.69, 9.17) is 0 Å². The van der Waals surface area contributed by atoms with Crippen molar-refractivity contribution in [1.29, 1.82) is 0 Å². The third-order valence-corrected chi connectivity index (χ3v) is 3.71. The van der Waals surface area contributed by atoms with Gasteiger partial charge >= 0.3 is 0 Å². The normalized spacial score (nSPS) is 15.0. The average molecular weight is 255 g/mol. The first-order valence-electron chi connectivity index (χ1n) is 6.50. The van der Waals surface area contributed by atoms with E-state index in [2.05, 4.69) is 4.98 Å². The van der Waals surface area contributed by atoms with Gasteiger partial charge in [-0.25, -0.2) is 9.37 Å². The molecule has 2 nitrogen and oxygen atoms in total. The zero-order chi connectivity index (χ0) is 13.2. The predicted molar refractivity (Wildman–Crippen MR) is 70.7 cm³/mol. The van der Waals surface area contributed by atoms with Gasteiger partial charge in [0.05, 0.1) is 6.20 Å². The highest BCUT2D eigenvalue weighted by Gasteiger charge is 2.19. The summed E-state index contributed by atoms with van der Waals surface area (Å²) in [5.74, 6) is 0.0603. The van der Waals surface area contributed by atoms with Crippen molar-refractivity contribution < 1.29 is 9.18 Å². The molecule has 1 aliphatic rings. The largest absolute Gasteiger partial charge is 0.287 e. The van der Waals surface area contributed by atoms with Crippen LogP contribution in [0, 0.1) is 5.82 Å². The minimum atomic E-state index is -0.433. The summed E-state index contributed by atoms with van der Waals surface area (Å²) >= 11 is 0.